The maximum absolute atomic E-state index is 5.20. The average Bonchev–Trinajstić information content (AvgIpc) is 3.35. The number of anilines is 1. The van der Waals surface area contributed by atoms with E-state index in [0.29, 0.717) is 0 Å². The van der Waals surface area contributed by atoms with Gasteiger partial charge in [0.25, 0.3) is 0 Å². The standard InChI is InChI=1S/C28H28N6O/c1-35-17-16-32-12-14-33(15-13-32)27-7-6-22(19-30-27)21-9-11-34-26(20-31-28(34)18-21)24-8-10-29-25-5-3-2-4-23(24)25/h2-11,18-20H,12-17H2,1H3. The van der Waals surface area contributed by atoms with Gasteiger partial charge in [-0.2, -0.15) is 0 Å². The van der Waals surface area contributed by atoms with Crippen molar-refractivity contribution in [3.05, 3.63) is 79.4 Å². The summed E-state index contributed by atoms with van der Waals surface area (Å²) >= 11 is 0. The van der Waals surface area contributed by atoms with Crippen molar-refractivity contribution in [1.82, 2.24) is 24.3 Å². The van der Waals surface area contributed by atoms with Gasteiger partial charge in [0.1, 0.15) is 11.5 Å². The Balaban J connectivity index is 1.23. The highest BCUT2D eigenvalue weighted by Crippen LogP contribution is 2.30. The number of pyridine rings is 3. The van der Waals surface area contributed by atoms with E-state index in [-0.39, 0.29) is 0 Å². The summed E-state index contributed by atoms with van der Waals surface area (Å²) in [5, 5.41) is 1.13. The first-order valence-corrected chi connectivity index (χ1v) is 12.0. The first-order valence-electron chi connectivity index (χ1n) is 12.0. The van der Waals surface area contributed by atoms with Gasteiger partial charge in [-0.05, 0) is 42.0 Å². The molecule has 176 valence electrons. The van der Waals surface area contributed by atoms with Gasteiger partial charge in [0.15, 0.2) is 0 Å². The predicted octanol–water partition coefficient (Wildman–Crippen LogP) is 4.38. The minimum atomic E-state index is 0.786. The molecule has 0 N–H and O–H groups in total. The van der Waals surface area contributed by atoms with Crippen LogP contribution in [0.1, 0.15) is 0 Å². The minimum Gasteiger partial charge on any atom is -0.383 e. The smallest absolute Gasteiger partial charge is 0.137 e. The molecule has 7 nitrogen and oxygen atoms in total. The number of methoxy groups -OCH3 is 1. The number of fused-ring (bicyclic) bond motifs is 2. The Hall–Kier alpha value is -3.81. The largest absolute Gasteiger partial charge is 0.383 e. The quantitative estimate of drug-likeness (QED) is 0.372. The molecule has 0 bridgehead atoms. The Morgan fingerprint density at radius 1 is 0.857 bits per heavy atom. The fourth-order valence-corrected chi connectivity index (χ4v) is 4.84. The lowest BCUT2D eigenvalue weighted by Gasteiger charge is -2.35. The van der Waals surface area contributed by atoms with Crippen LogP contribution in [0.5, 0.6) is 0 Å². The molecule has 0 spiro atoms. The molecule has 5 heterocycles. The Morgan fingerprint density at radius 3 is 2.57 bits per heavy atom. The summed E-state index contributed by atoms with van der Waals surface area (Å²) in [5.41, 5.74) is 6.28. The maximum atomic E-state index is 5.20. The van der Waals surface area contributed by atoms with Gasteiger partial charge in [-0.25, -0.2) is 9.97 Å². The zero-order valence-corrected chi connectivity index (χ0v) is 19.8. The van der Waals surface area contributed by atoms with E-state index in [2.05, 4.69) is 61.8 Å². The normalized spacial score (nSPS) is 14.7. The number of para-hydroxylation sites is 1. The number of imidazole rings is 1. The molecule has 6 rings (SSSR count). The van der Waals surface area contributed by atoms with E-state index in [1.807, 2.05) is 36.8 Å². The molecule has 7 heteroatoms. The lowest BCUT2D eigenvalue weighted by molar-refractivity contribution is 0.144. The monoisotopic (exact) mass is 464 g/mol. The second-order valence-electron chi connectivity index (χ2n) is 8.89. The summed E-state index contributed by atoms with van der Waals surface area (Å²) in [4.78, 5) is 18.8. The number of benzene rings is 1. The summed E-state index contributed by atoms with van der Waals surface area (Å²) in [6.45, 7) is 5.84. The van der Waals surface area contributed by atoms with Crippen LogP contribution in [0.4, 0.5) is 5.82 Å². The van der Waals surface area contributed by atoms with Crippen molar-refractivity contribution < 1.29 is 4.74 Å². The first-order chi connectivity index (χ1) is 17.3. The Labute approximate surface area is 204 Å². The van der Waals surface area contributed by atoms with Crippen molar-refractivity contribution in [3.63, 3.8) is 0 Å². The zero-order valence-electron chi connectivity index (χ0n) is 19.8. The molecular formula is C28H28N6O. The topological polar surface area (TPSA) is 58.8 Å². The van der Waals surface area contributed by atoms with Crippen LogP contribution in [0.25, 0.3) is 38.9 Å². The highest BCUT2D eigenvalue weighted by Gasteiger charge is 2.18. The average molecular weight is 465 g/mol. The lowest BCUT2D eigenvalue weighted by Crippen LogP contribution is -2.47. The molecule has 0 amide bonds. The Morgan fingerprint density at radius 2 is 1.74 bits per heavy atom. The van der Waals surface area contributed by atoms with Gasteiger partial charge >= 0.3 is 0 Å². The summed E-state index contributed by atoms with van der Waals surface area (Å²) in [7, 11) is 1.76. The van der Waals surface area contributed by atoms with E-state index in [1.165, 1.54) is 0 Å². The number of nitrogens with zero attached hydrogens (tertiary/aromatic N) is 6. The van der Waals surface area contributed by atoms with Crippen molar-refractivity contribution in [3.8, 4) is 22.4 Å². The highest BCUT2D eigenvalue weighted by atomic mass is 16.5. The van der Waals surface area contributed by atoms with Crippen LogP contribution in [0.2, 0.25) is 0 Å². The van der Waals surface area contributed by atoms with Gasteiger partial charge in [0.05, 0.1) is 24.0 Å². The van der Waals surface area contributed by atoms with Crippen molar-refractivity contribution in [2.75, 3.05) is 51.3 Å². The molecule has 0 radical (unpaired) electrons. The second-order valence-corrected chi connectivity index (χ2v) is 8.89. The number of piperazine rings is 1. The van der Waals surface area contributed by atoms with E-state index >= 15 is 0 Å². The van der Waals surface area contributed by atoms with Gasteiger partial charge < -0.3 is 9.64 Å². The number of hydrogen-bond donors (Lipinski definition) is 0. The van der Waals surface area contributed by atoms with Gasteiger partial charge in [0.2, 0.25) is 0 Å². The SMILES string of the molecule is COCCN1CCN(c2ccc(-c3ccn4c(-c5ccnc6ccccc56)cnc4c3)cn2)CC1. The Kier molecular flexibility index (Phi) is 5.86. The fourth-order valence-electron chi connectivity index (χ4n) is 4.84. The van der Waals surface area contributed by atoms with E-state index in [1.54, 1.807) is 7.11 Å². The van der Waals surface area contributed by atoms with Crippen molar-refractivity contribution in [2.45, 2.75) is 0 Å². The molecule has 4 aromatic heterocycles. The molecule has 1 aliphatic rings. The van der Waals surface area contributed by atoms with Crippen LogP contribution in [0, 0.1) is 0 Å². The molecule has 1 saturated heterocycles. The maximum Gasteiger partial charge on any atom is 0.137 e. The summed E-state index contributed by atoms with van der Waals surface area (Å²) < 4.78 is 7.34. The van der Waals surface area contributed by atoms with Gasteiger partial charge in [-0.3, -0.25) is 14.3 Å². The molecular weight excluding hydrogens is 436 g/mol. The fraction of sp³-hybridized carbons (Fsp3) is 0.250. The molecule has 1 fully saturated rings. The van der Waals surface area contributed by atoms with Gasteiger partial charge in [0, 0.05) is 74.9 Å². The third-order valence-corrected chi connectivity index (χ3v) is 6.83. The third-order valence-electron chi connectivity index (χ3n) is 6.83. The minimum absolute atomic E-state index is 0.786. The lowest BCUT2D eigenvalue weighted by atomic mass is 10.1. The van der Waals surface area contributed by atoms with E-state index in [0.717, 1.165) is 84.1 Å². The Bertz CT molecular complexity index is 1450. The van der Waals surface area contributed by atoms with E-state index < -0.39 is 0 Å². The number of aromatic nitrogens is 4. The molecule has 0 saturated carbocycles. The van der Waals surface area contributed by atoms with Gasteiger partial charge in [-0.1, -0.05) is 18.2 Å². The first kappa shape index (κ1) is 21.7. The molecule has 35 heavy (non-hydrogen) atoms. The van der Waals surface area contributed by atoms with E-state index in [9.17, 15) is 0 Å². The summed E-state index contributed by atoms with van der Waals surface area (Å²) in [6.07, 6.45) is 7.86. The third kappa shape index (κ3) is 4.24. The summed E-state index contributed by atoms with van der Waals surface area (Å²) in [6, 6.07) is 18.8. The van der Waals surface area contributed by atoms with Crippen LogP contribution in [0.15, 0.2) is 79.4 Å². The van der Waals surface area contributed by atoms with Crippen LogP contribution in [-0.2, 0) is 4.74 Å². The van der Waals surface area contributed by atoms with Crippen LogP contribution in [0.3, 0.4) is 0 Å². The van der Waals surface area contributed by atoms with Crippen LogP contribution < -0.4 is 4.90 Å². The molecule has 5 aromatic rings. The highest BCUT2D eigenvalue weighted by molar-refractivity contribution is 5.93. The van der Waals surface area contributed by atoms with E-state index in [4.69, 9.17) is 14.7 Å². The van der Waals surface area contributed by atoms with Crippen molar-refractivity contribution >= 4 is 22.4 Å². The molecule has 1 aromatic carbocycles. The summed E-state index contributed by atoms with van der Waals surface area (Å²) in [5.74, 6) is 1.04. The number of hydrogen-bond acceptors (Lipinski definition) is 6. The number of rotatable bonds is 6. The zero-order chi connectivity index (χ0) is 23.6. The second kappa shape index (κ2) is 9.44. The van der Waals surface area contributed by atoms with Crippen LogP contribution >= 0.6 is 0 Å². The molecule has 0 unspecified atom stereocenters. The predicted molar refractivity (Wildman–Crippen MR) is 140 cm³/mol. The van der Waals surface area contributed by atoms with Crippen molar-refractivity contribution in [1.29, 1.82) is 0 Å². The number of ether oxygens (including phenoxy) is 1. The molecule has 0 atom stereocenters. The van der Waals surface area contributed by atoms with Crippen molar-refractivity contribution in [2.24, 2.45) is 0 Å². The molecule has 1 aliphatic heterocycles. The van der Waals surface area contributed by atoms with Gasteiger partial charge in [-0.15, -0.1) is 0 Å². The van der Waals surface area contributed by atoms with Crippen LogP contribution in [-0.4, -0.2) is 70.7 Å². The molecule has 0 aliphatic carbocycles.